The zero-order valence-corrected chi connectivity index (χ0v) is 17.7. The Morgan fingerprint density at radius 3 is 2.43 bits per heavy atom. The molecule has 0 fully saturated rings. The van der Waals surface area contributed by atoms with E-state index < -0.39 is 0 Å². The largest absolute Gasteiger partial charge is 0.496 e. The van der Waals surface area contributed by atoms with E-state index in [0.717, 1.165) is 57.2 Å². The summed E-state index contributed by atoms with van der Waals surface area (Å²) in [7, 11) is 9.51. The summed E-state index contributed by atoms with van der Waals surface area (Å²) in [6.45, 7) is 5.27. The van der Waals surface area contributed by atoms with Crippen LogP contribution in [0.15, 0.2) is 22.9 Å². The van der Waals surface area contributed by atoms with Crippen LogP contribution in [0.1, 0.15) is 11.5 Å². The Morgan fingerprint density at radius 1 is 1.11 bits per heavy atom. The average molecular weight is 384 g/mol. The number of aryl methyl sites for hydroxylation is 2. The average Bonchev–Trinajstić information content (AvgIpc) is 3.01. The van der Waals surface area contributed by atoms with Crippen LogP contribution >= 0.6 is 0 Å². The van der Waals surface area contributed by atoms with Crippen LogP contribution in [-0.2, 0) is 4.74 Å². The van der Waals surface area contributed by atoms with E-state index in [-0.39, 0.29) is 0 Å². The van der Waals surface area contributed by atoms with Gasteiger partial charge in [0.1, 0.15) is 11.5 Å². The number of likely N-dealkylation sites (N-methyl/N-ethyl adjacent to an activating group) is 1. The number of anilines is 2. The molecule has 0 N–H and O–H groups in total. The molecule has 3 aromatic rings. The second-order valence-corrected chi connectivity index (χ2v) is 7.07. The lowest BCUT2D eigenvalue weighted by Crippen LogP contribution is -2.25. The van der Waals surface area contributed by atoms with Crippen LogP contribution in [0, 0.1) is 13.8 Å². The van der Waals surface area contributed by atoms with Crippen molar-refractivity contribution in [2.45, 2.75) is 13.8 Å². The first-order chi connectivity index (χ1) is 13.4. The van der Waals surface area contributed by atoms with Crippen molar-refractivity contribution in [3.05, 3.63) is 29.8 Å². The zero-order valence-electron chi connectivity index (χ0n) is 17.7. The van der Waals surface area contributed by atoms with Crippen LogP contribution in [0.5, 0.6) is 5.75 Å². The van der Waals surface area contributed by atoms with Gasteiger partial charge in [-0.25, -0.2) is 0 Å². The Labute approximate surface area is 165 Å². The van der Waals surface area contributed by atoms with E-state index in [9.17, 15) is 0 Å². The number of hydrogen-bond donors (Lipinski definition) is 0. The van der Waals surface area contributed by atoms with Crippen molar-refractivity contribution in [3.8, 4) is 16.9 Å². The van der Waals surface area contributed by atoms with Gasteiger partial charge < -0.3 is 23.8 Å². The van der Waals surface area contributed by atoms with E-state index in [1.165, 1.54) is 0 Å². The number of aromatic nitrogens is 2. The third-order valence-electron chi connectivity index (χ3n) is 4.93. The minimum absolute atomic E-state index is 0.649. The van der Waals surface area contributed by atoms with E-state index in [1.54, 1.807) is 14.2 Å². The molecular weight excluding hydrogens is 356 g/mol. The Balaban J connectivity index is 2.24. The Bertz CT molecular complexity index is 962. The van der Waals surface area contributed by atoms with Gasteiger partial charge in [-0.1, -0.05) is 5.16 Å². The molecule has 0 spiro atoms. The molecular formula is C21H28N4O3. The first-order valence-corrected chi connectivity index (χ1v) is 9.20. The van der Waals surface area contributed by atoms with Gasteiger partial charge in [-0.3, -0.25) is 4.98 Å². The van der Waals surface area contributed by atoms with Gasteiger partial charge in [0.05, 0.1) is 48.1 Å². The molecule has 1 aromatic carbocycles. The molecule has 0 amide bonds. The number of nitrogens with zero attached hydrogens (tertiary/aromatic N) is 4. The molecule has 150 valence electrons. The fraction of sp³-hybridized carbons (Fsp3) is 0.429. The van der Waals surface area contributed by atoms with Crippen LogP contribution in [0.25, 0.3) is 22.0 Å². The van der Waals surface area contributed by atoms with E-state index in [1.807, 2.05) is 53.3 Å². The minimum atomic E-state index is 0.649. The Hall–Kier alpha value is -2.80. The first kappa shape index (κ1) is 19.9. The predicted molar refractivity (Wildman–Crippen MR) is 113 cm³/mol. The molecule has 0 unspecified atom stereocenters. The minimum Gasteiger partial charge on any atom is -0.496 e. The predicted octanol–water partition coefficient (Wildman–Crippen LogP) is 3.66. The van der Waals surface area contributed by atoms with Crippen molar-refractivity contribution in [1.29, 1.82) is 0 Å². The van der Waals surface area contributed by atoms with E-state index in [2.05, 4.69) is 15.0 Å². The number of pyridine rings is 1. The number of methoxy groups -OCH3 is 2. The molecule has 0 saturated heterocycles. The van der Waals surface area contributed by atoms with Crippen molar-refractivity contribution < 1.29 is 14.0 Å². The highest BCUT2D eigenvalue weighted by molar-refractivity contribution is 6.01. The van der Waals surface area contributed by atoms with Gasteiger partial charge >= 0.3 is 0 Å². The van der Waals surface area contributed by atoms with Gasteiger partial charge in [-0.2, -0.15) is 0 Å². The van der Waals surface area contributed by atoms with Gasteiger partial charge in [0.25, 0.3) is 0 Å². The summed E-state index contributed by atoms with van der Waals surface area (Å²) in [5.74, 6) is 1.53. The van der Waals surface area contributed by atoms with Gasteiger partial charge in [-0.05, 0) is 26.0 Å². The lowest BCUT2D eigenvalue weighted by atomic mass is 9.99. The van der Waals surface area contributed by atoms with Crippen molar-refractivity contribution in [2.75, 3.05) is 58.3 Å². The molecule has 0 aliphatic rings. The molecule has 0 atom stereocenters. The van der Waals surface area contributed by atoms with Gasteiger partial charge in [0, 0.05) is 45.7 Å². The van der Waals surface area contributed by atoms with Gasteiger partial charge in [-0.15, -0.1) is 0 Å². The van der Waals surface area contributed by atoms with Gasteiger partial charge in [0.15, 0.2) is 0 Å². The van der Waals surface area contributed by atoms with Crippen LogP contribution in [0.2, 0.25) is 0 Å². The van der Waals surface area contributed by atoms with Crippen molar-refractivity contribution in [1.82, 2.24) is 10.1 Å². The third kappa shape index (κ3) is 3.49. The van der Waals surface area contributed by atoms with Crippen LogP contribution in [0.3, 0.4) is 0 Å². The summed E-state index contributed by atoms with van der Waals surface area (Å²) in [6.07, 6.45) is 1.91. The molecule has 0 aliphatic carbocycles. The standard InChI is InChI=1S/C21H28N4O3/c1-13-20(14(2)28-23-13)16-10-17-15(11-19(16)27-7)21(24(3)4)18(12-22-17)25(5)8-9-26-6/h10-12H,8-9H2,1-7H3. The summed E-state index contributed by atoms with van der Waals surface area (Å²) in [5, 5.41) is 5.11. The maximum absolute atomic E-state index is 5.74. The number of benzene rings is 1. The lowest BCUT2D eigenvalue weighted by molar-refractivity contribution is 0.206. The molecule has 0 saturated carbocycles. The second-order valence-electron chi connectivity index (χ2n) is 7.07. The smallest absolute Gasteiger partial charge is 0.141 e. The maximum atomic E-state index is 5.74. The molecule has 2 aromatic heterocycles. The van der Waals surface area contributed by atoms with E-state index in [0.29, 0.717) is 6.61 Å². The van der Waals surface area contributed by atoms with Crippen molar-refractivity contribution in [3.63, 3.8) is 0 Å². The lowest BCUT2D eigenvalue weighted by Gasteiger charge is -2.27. The molecule has 2 heterocycles. The molecule has 0 bridgehead atoms. The number of hydrogen-bond acceptors (Lipinski definition) is 7. The summed E-state index contributed by atoms with van der Waals surface area (Å²) in [5.41, 5.74) is 5.74. The Morgan fingerprint density at radius 2 is 1.86 bits per heavy atom. The molecule has 28 heavy (non-hydrogen) atoms. The fourth-order valence-electron chi connectivity index (χ4n) is 3.52. The van der Waals surface area contributed by atoms with Gasteiger partial charge in [0.2, 0.25) is 0 Å². The highest BCUT2D eigenvalue weighted by atomic mass is 16.5. The molecule has 3 rings (SSSR count). The van der Waals surface area contributed by atoms with E-state index >= 15 is 0 Å². The molecule has 7 heteroatoms. The van der Waals surface area contributed by atoms with Crippen molar-refractivity contribution >= 4 is 22.3 Å². The highest BCUT2D eigenvalue weighted by Crippen LogP contribution is 2.41. The molecule has 0 aliphatic heterocycles. The topological polar surface area (TPSA) is 63.9 Å². The van der Waals surface area contributed by atoms with Crippen LogP contribution in [0.4, 0.5) is 11.4 Å². The molecule has 7 nitrogen and oxygen atoms in total. The fourth-order valence-corrected chi connectivity index (χ4v) is 3.52. The van der Waals surface area contributed by atoms with Crippen LogP contribution in [-0.4, -0.2) is 58.7 Å². The van der Waals surface area contributed by atoms with E-state index in [4.69, 9.17) is 19.0 Å². The highest BCUT2D eigenvalue weighted by Gasteiger charge is 2.20. The maximum Gasteiger partial charge on any atom is 0.141 e. The number of ether oxygens (including phenoxy) is 2. The summed E-state index contributed by atoms with van der Waals surface area (Å²) in [4.78, 5) is 9.00. The van der Waals surface area contributed by atoms with Crippen LogP contribution < -0.4 is 14.5 Å². The summed E-state index contributed by atoms with van der Waals surface area (Å²) >= 11 is 0. The zero-order chi connectivity index (χ0) is 20.4. The summed E-state index contributed by atoms with van der Waals surface area (Å²) < 4.78 is 16.3. The van der Waals surface area contributed by atoms with Crippen molar-refractivity contribution in [2.24, 2.45) is 0 Å². The number of rotatable bonds is 7. The monoisotopic (exact) mass is 384 g/mol. The Kier molecular flexibility index (Phi) is 5.74. The quantitative estimate of drug-likeness (QED) is 0.616. The number of fused-ring (bicyclic) bond motifs is 1. The second kappa shape index (κ2) is 8.06. The third-order valence-corrected chi connectivity index (χ3v) is 4.93. The SMILES string of the molecule is COCCN(C)c1cnc2cc(-c3c(C)noc3C)c(OC)cc2c1N(C)C. The normalized spacial score (nSPS) is 11.1. The summed E-state index contributed by atoms with van der Waals surface area (Å²) in [6, 6.07) is 4.10. The first-order valence-electron chi connectivity index (χ1n) is 9.20. The molecule has 0 radical (unpaired) electrons.